The number of thiazole rings is 1. The predicted molar refractivity (Wildman–Crippen MR) is 96.3 cm³/mol. The maximum atomic E-state index is 12.4. The molecule has 1 fully saturated rings. The average Bonchev–Trinajstić information content (AvgIpc) is 3.32. The van der Waals surface area contributed by atoms with E-state index in [2.05, 4.69) is 26.6 Å². The van der Waals surface area contributed by atoms with Gasteiger partial charge in [0.15, 0.2) is 17.0 Å². The number of aryl methyl sites for hydroxylation is 2. The summed E-state index contributed by atoms with van der Waals surface area (Å²) in [6, 6.07) is 1.98. The first-order chi connectivity index (χ1) is 12.5. The van der Waals surface area contributed by atoms with Gasteiger partial charge >= 0.3 is 0 Å². The quantitative estimate of drug-likeness (QED) is 0.708. The van der Waals surface area contributed by atoms with Gasteiger partial charge in [0.2, 0.25) is 5.91 Å². The van der Waals surface area contributed by atoms with E-state index < -0.39 is 0 Å². The number of anilines is 1. The predicted octanol–water partition coefficient (Wildman–Crippen LogP) is 2.70. The van der Waals surface area contributed by atoms with Gasteiger partial charge in [0.1, 0.15) is 5.76 Å². The number of aromatic nitrogens is 3. The van der Waals surface area contributed by atoms with Crippen LogP contribution in [0.3, 0.4) is 0 Å². The van der Waals surface area contributed by atoms with Crippen molar-refractivity contribution in [3.8, 4) is 17.3 Å². The van der Waals surface area contributed by atoms with Crippen LogP contribution < -0.4 is 5.32 Å². The zero-order valence-electron chi connectivity index (χ0n) is 14.3. The van der Waals surface area contributed by atoms with Crippen LogP contribution in [0.25, 0.3) is 21.5 Å². The van der Waals surface area contributed by atoms with Crippen molar-refractivity contribution in [2.45, 2.75) is 20.3 Å². The first kappa shape index (κ1) is 16.5. The summed E-state index contributed by atoms with van der Waals surface area (Å²) >= 11 is 1.38. The average molecular weight is 368 g/mol. The van der Waals surface area contributed by atoms with Crippen molar-refractivity contribution in [3.63, 3.8) is 0 Å². The van der Waals surface area contributed by atoms with E-state index in [0.29, 0.717) is 30.3 Å². The number of carbonyl (C=O) groups is 1. The molecule has 0 aromatic carbocycles. The molecule has 4 heterocycles. The van der Waals surface area contributed by atoms with Gasteiger partial charge in [0, 0.05) is 30.4 Å². The van der Waals surface area contributed by atoms with E-state index in [1.165, 1.54) is 11.3 Å². The number of amides is 1. The van der Waals surface area contributed by atoms with Crippen LogP contribution in [0.2, 0.25) is 0 Å². The van der Waals surface area contributed by atoms with Crippen LogP contribution >= 0.6 is 11.3 Å². The fourth-order valence-corrected chi connectivity index (χ4v) is 4.05. The van der Waals surface area contributed by atoms with E-state index >= 15 is 0 Å². The van der Waals surface area contributed by atoms with Gasteiger partial charge in [-0.15, -0.1) is 0 Å². The Kier molecular flexibility index (Phi) is 4.05. The highest BCUT2D eigenvalue weighted by atomic mass is 32.1. The van der Waals surface area contributed by atoms with Crippen molar-refractivity contribution in [3.05, 3.63) is 23.7 Å². The molecule has 1 N–H and O–H groups in total. The lowest BCUT2D eigenvalue weighted by Crippen LogP contribution is -2.25. The Labute approximate surface area is 153 Å². The van der Waals surface area contributed by atoms with Crippen LogP contribution in [0.5, 0.6) is 0 Å². The molecular weight excluding hydrogens is 352 g/mol. The molecule has 8 nitrogen and oxygen atoms in total. The molecule has 1 saturated heterocycles. The van der Waals surface area contributed by atoms with Gasteiger partial charge in [-0.1, -0.05) is 16.5 Å². The molecule has 1 amide bonds. The lowest BCUT2D eigenvalue weighted by atomic mass is 10.1. The van der Waals surface area contributed by atoms with E-state index in [4.69, 9.17) is 9.78 Å². The van der Waals surface area contributed by atoms with Crippen molar-refractivity contribution < 1.29 is 9.32 Å². The first-order valence-corrected chi connectivity index (χ1v) is 9.02. The topological polar surface area (TPSA) is 108 Å². The second-order valence-electron chi connectivity index (χ2n) is 6.28. The summed E-state index contributed by atoms with van der Waals surface area (Å²) in [5, 5.41) is 16.3. The smallest absolute Gasteiger partial charge is 0.231 e. The minimum Gasteiger partial charge on any atom is -0.361 e. The number of nitriles is 1. The van der Waals surface area contributed by atoms with Gasteiger partial charge in [-0.25, -0.2) is 4.98 Å². The summed E-state index contributed by atoms with van der Waals surface area (Å²) in [7, 11) is 0. The van der Waals surface area contributed by atoms with Gasteiger partial charge in [-0.3, -0.25) is 4.79 Å². The number of rotatable bonds is 3. The highest BCUT2D eigenvalue weighted by Crippen LogP contribution is 2.32. The molecule has 0 unspecified atom stereocenters. The summed E-state index contributed by atoms with van der Waals surface area (Å²) < 4.78 is 6.10. The van der Waals surface area contributed by atoms with E-state index in [0.717, 1.165) is 27.3 Å². The molecule has 4 rings (SSSR count). The number of nitrogens with one attached hydrogen (secondary N) is 1. The second kappa shape index (κ2) is 6.38. The third-order valence-electron chi connectivity index (χ3n) is 4.50. The number of carbonyl (C=O) groups excluding carboxylic acids is 1. The van der Waals surface area contributed by atoms with Gasteiger partial charge < -0.3 is 14.7 Å². The Bertz CT molecular complexity index is 1010. The van der Waals surface area contributed by atoms with Crippen molar-refractivity contribution in [1.82, 2.24) is 20.0 Å². The number of likely N-dealkylation sites (tertiary alicyclic amines) is 1. The maximum absolute atomic E-state index is 12.4. The minimum absolute atomic E-state index is 0.104. The molecule has 0 saturated carbocycles. The largest absolute Gasteiger partial charge is 0.361 e. The molecule has 3 aromatic heterocycles. The van der Waals surface area contributed by atoms with Crippen molar-refractivity contribution >= 4 is 32.7 Å². The molecule has 9 heteroatoms. The molecule has 0 bridgehead atoms. The molecule has 26 heavy (non-hydrogen) atoms. The maximum Gasteiger partial charge on any atom is 0.231 e. The lowest BCUT2D eigenvalue weighted by molar-refractivity contribution is -0.119. The fraction of sp³-hybridized carbons (Fsp3) is 0.353. The summed E-state index contributed by atoms with van der Waals surface area (Å²) in [6.45, 7) is 4.84. The SMILES string of the molecule is Cc1noc(C)c1-c1cnc2nc(NC(=O)[C@H]3CCN(C#N)C3)sc2c1. The van der Waals surface area contributed by atoms with Crippen LogP contribution in [-0.4, -0.2) is 39.0 Å². The second-order valence-corrected chi connectivity index (χ2v) is 7.32. The summed E-state index contributed by atoms with van der Waals surface area (Å²) in [5.74, 6) is 0.449. The summed E-state index contributed by atoms with van der Waals surface area (Å²) in [4.78, 5) is 22.8. The summed E-state index contributed by atoms with van der Waals surface area (Å²) in [6.07, 6.45) is 4.50. The third-order valence-corrected chi connectivity index (χ3v) is 5.41. The van der Waals surface area contributed by atoms with E-state index in [9.17, 15) is 4.79 Å². The monoisotopic (exact) mass is 368 g/mol. The number of fused-ring (bicyclic) bond motifs is 1. The van der Waals surface area contributed by atoms with Crippen molar-refractivity contribution in [2.75, 3.05) is 18.4 Å². The van der Waals surface area contributed by atoms with Crippen molar-refractivity contribution in [2.24, 2.45) is 5.92 Å². The Morgan fingerprint density at radius 3 is 3.04 bits per heavy atom. The van der Waals surface area contributed by atoms with E-state index in [-0.39, 0.29) is 11.8 Å². The van der Waals surface area contributed by atoms with Crippen LogP contribution in [0.4, 0.5) is 5.13 Å². The molecule has 1 aliphatic rings. The van der Waals surface area contributed by atoms with E-state index in [1.54, 1.807) is 11.1 Å². The molecule has 1 aliphatic heterocycles. The number of hydrogen-bond acceptors (Lipinski definition) is 8. The molecule has 1 atom stereocenters. The highest BCUT2D eigenvalue weighted by Gasteiger charge is 2.28. The van der Waals surface area contributed by atoms with Gasteiger partial charge in [-0.2, -0.15) is 10.2 Å². The van der Waals surface area contributed by atoms with E-state index in [1.807, 2.05) is 19.9 Å². The Balaban J connectivity index is 1.57. The standard InChI is InChI=1S/C17H16N6O2S/c1-9-14(10(2)25-22-9)12-5-13-15(19-6-12)20-17(26-13)21-16(24)11-3-4-23(7-11)8-18/h5-6,11H,3-4,7H2,1-2H3,(H,19,20,21,24)/t11-/m0/s1. The Morgan fingerprint density at radius 2 is 2.35 bits per heavy atom. The number of hydrogen-bond donors (Lipinski definition) is 1. The highest BCUT2D eigenvalue weighted by molar-refractivity contribution is 7.22. The summed E-state index contributed by atoms with van der Waals surface area (Å²) in [5.41, 5.74) is 3.24. The Morgan fingerprint density at radius 1 is 1.50 bits per heavy atom. The van der Waals surface area contributed by atoms with Gasteiger partial charge in [-0.05, 0) is 26.3 Å². The first-order valence-electron chi connectivity index (χ1n) is 8.20. The van der Waals surface area contributed by atoms with Crippen molar-refractivity contribution in [1.29, 1.82) is 5.26 Å². The minimum atomic E-state index is -0.188. The lowest BCUT2D eigenvalue weighted by Gasteiger charge is -2.08. The fourth-order valence-electron chi connectivity index (χ4n) is 3.18. The zero-order chi connectivity index (χ0) is 18.3. The molecule has 0 radical (unpaired) electrons. The molecule has 3 aromatic rings. The van der Waals surface area contributed by atoms with Crippen LogP contribution in [0.15, 0.2) is 16.8 Å². The molecule has 132 valence electrons. The molecular formula is C17H16N6O2S. The van der Waals surface area contributed by atoms with Crippen LogP contribution in [0.1, 0.15) is 17.9 Å². The Hall–Kier alpha value is -2.99. The third kappa shape index (κ3) is 2.88. The van der Waals surface area contributed by atoms with Crippen LogP contribution in [0, 0.1) is 31.2 Å². The molecule has 0 spiro atoms. The molecule has 0 aliphatic carbocycles. The normalized spacial score (nSPS) is 16.8. The van der Waals surface area contributed by atoms with Gasteiger partial charge in [0.25, 0.3) is 0 Å². The van der Waals surface area contributed by atoms with Crippen LogP contribution in [-0.2, 0) is 4.79 Å². The number of nitrogens with zero attached hydrogens (tertiary/aromatic N) is 5. The zero-order valence-corrected chi connectivity index (χ0v) is 15.1. The van der Waals surface area contributed by atoms with Gasteiger partial charge in [0.05, 0.1) is 16.3 Å². The number of pyridine rings is 1.